The first-order chi connectivity index (χ1) is 24.5. The molecular formula is C43H48O7. The Balaban J connectivity index is 1.20. The van der Waals surface area contributed by atoms with E-state index in [0.29, 0.717) is 33.0 Å². The van der Waals surface area contributed by atoms with Crippen LogP contribution in [0.3, 0.4) is 0 Å². The molecule has 10 atom stereocenters. The number of hydrogen-bond acceptors (Lipinski definition) is 7. The Labute approximate surface area is 295 Å². The van der Waals surface area contributed by atoms with E-state index in [1.165, 1.54) is 0 Å². The first-order valence-corrected chi connectivity index (χ1v) is 18.1. The van der Waals surface area contributed by atoms with Gasteiger partial charge in [0, 0.05) is 11.8 Å². The first kappa shape index (κ1) is 33.7. The smallest absolute Gasteiger partial charge is 0.163 e. The Kier molecular flexibility index (Phi) is 10.2. The molecule has 8 rings (SSSR count). The van der Waals surface area contributed by atoms with E-state index in [-0.39, 0.29) is 48.3 Å². The van der Waals surface area contributed by atoms with Crippen LogP contribution in [0.25, 0.3) is 0 Å². The van der Waals surface area contributed by atoms with E-state index in [4.69, 9.17) is 33.2 Å². The lowest BCUT2D eigenvalue weighted by molar-refractivity contribution is -0.265. The predicted molar refractivity (Wildman–Crippen MR) is 189 cm³/mol. The van der Waals surface area contributed by atoms with Crippen molar-refractivity contribution in [3.8, 4) is 0 Å². The number of ether oxygens (including phenoxy) is 7. The van der Waals surface area contributed by atoms with Crippen molar-refractivity contribution in [2.45, 2.75) is 95.2 Å². The lowest BCUT2D eigenvalue weighted by atomic mass is 9.60. The summed E-state index contributed by atoms with van der Waals surface area (Å²) in [5, 5.41) is 0. The lowest BCUT2D eigenvalue weighted by Gasteiger charge is -2.54. The summed E-state index contributed by atoms with van der Waals surface area (Å²) in [6.45, 7) is 6.29. The molecule has 7 nitrogen and oxygen atoms in total. The van der Waals surface area contributed by atoms with Crippen molar-refractivity contribution >= 4 is 0 Å². The molecule has 0 aromatic heterocycles. The highest BCUT2D eigenvalue weighted by molar-refractivity contribution is 5.20. The molecule has 2 aliphatic carbocycles. The third kappa shape index (κ3) is 7.60. The second-order valence-electron chi connectivity index (χ2n) is 14.6. The van der Waals surface area contributed by atoms with Gasteiger partial charge in [0.15, 0.2) is 5.79 Å². The van der Waals surface area contributed by atoms with Crippen LogP contribution >= 0.6 is 0 Å². The van der Waals surface area contributed by atoms with E-state index in [0.717, 1.165) is 28.7 Å². The number of hydrogen-bond donors (Lipinski definition) is 0. The van der Waals surface area contributed by atoms with Crippen molar-refractivity contribution in [2.75, 3.05) is 6.61 Å². The van der Waals surface area contributed by atoms with Crippen molar-refractivity contribution in [1.29, 1.82) is 0 Å². The maximum atomic E-state index is 7.13. The molecule has 0 radical (unpaired) electrons. The molecule has 4 aromatic carbocycles. The molecule has 0 bridgehead atoms. The highest BCUT2D eigenvalue weighted by Crippen LogP contribution is 2.57. The van der Waals surface area contributed by atoms with E-state index in [1.807, 2.05) is 50.2 Å². The third-order valence-corrected chi connectivity index (χ3v) is 10.8. The Morgan fingerprint density at radius 1 is 0.520 bits per heavy atom. The van der Waals surface area contributed by atoms with Crippen LogP contribution in [0, 0.1) is 17.8 Å². The summed E-state index contributed by atoms with van der Waals surface area (Å²) in [7, 11) is 0. The molecular weight excluding hydrogens is 628 g/mol. The summed E-state index contributed by atoms with van der Waals surface area (Å²) in [6.07, 6.45) is -0.512. The van der Waals surface area contributed by atoms with Gasteiger partial charge in [-0.3, -0.25) is 0 Å². The molecule has 4 fully saturated rings. The number of rotatable bonds is 13. The molecule has 50 heavy (non-hydrogen) atoms. The maximum Gasteiger partial charge on any atom is 0.163 e. The Morgan fingerprint density at radius 2 is 0.920 bits per heavy atom. The fourth-order valence-electron chi connectivity index (χ4n) is 8.48. The molecule has 2 heterocycles. The van der Waals surface area contributed by atoms with E-state index in [1.54, 1.807) is 0 Å². The van der Waals surface area contributed by atoms with Gasteiger partial charge >= 0.3 is 0 Å². The van der Waals surface area contributed by atoms with Crippen LogP contribution < -0.4 is 0 Å². The Morgan fingerprint density at radius 3 is 1.32 bits per heavy atom. The van der Waals surface area contributed by atoms with Gasteiger partial charge in [0.2, 0.25) is 0 Å². The van der Waals surface area contributed by atoms with Gasteiger partial charge in [0.05, 0.1) is 63.6 Å². The zero-order valence-corrected chi connectivity index (χ0v) is 28.9. The molecule has 0 unspecified atom stereocenters. The van der Waals surface area contributed by atoms with Crippen molar-refractivity contribution < 1.29 is 33.2 Å². The highest BCUT2D eigenvalue weighted by Gasteiger charge is 2.67. The van der Waals surface area contributed by atoms with Gasteiger partial charge in [-0.25, -0.2) is 0 Å². The molecule has 262 valence electrons. The maximum absolute atomic E-state index is 7.13. The van der Waals surface area contributed by atoms with Crippen molar-refractivity contribution in [2.24, 2.45) is 17.8 Å². The van der Waals surface area contributed by atoms with Gasteiger partial charge in [-0.15, -0.1) is 0 Å². The highest BCUT2D eigenvalue weighted by atomic mass is 16.7. The number of benzene rings is 4. The molecule has 2 saturated carbocycles. The topological polar surface area (TPSA) is 67.9 Å². The molecule has 4 aliphatic rings. The number of epoxide rings is 1. The minimum atomic E-state index is -0.649. The summed E-state index contributed by atoms with van der Waals surface area (Å²) in [6, 6.07) is 41.4. The summed E-state index contributed by atoms with van der Waals surface area (Å²) < 4.78 is 47.6. The van der Waals surface area contributed by atoms with Crippen LogP contribution in [0.4, 0.5) is 0 Å². The molecule has 2 aliphatic heterocycles. The Hall–Kier alpha value is -3.40. The van der Waals surface area contributed by atoms with Crippen LogP contribution in [-0.4, -0.2) is 55.1 Å². The van der Waals surface area contributed by atoms with Gasteiger partial charge in [0.1, 0.15) is 12.2 Å². The molecule has 4 aromatic rings. The zero-order chi connectivity index (χ0) is 33.9. The van der Waals surface area contributed by atoms with E-state index in [9.17, 15) is 0 Å². The molecule has 0 amide bonds. The molecule has 2 saturated heterocycles. The van der Waals surface area contributed by atoms with E-state index in [2.05, 4.69) is 84.9 Å². The van der Waals surface area contributed by atoms with Gasteiger partial charge < -0.3 is 33.2 Å². The molecule has 0 spiro atoms. The average Bonchev–Trinajstić information content (AvgIpc) is 3.85. The quantitative estimate of drug-likeness (QED) is 0.136. The second kappa shape index (κ2) is 15.1. The average molecular weight is 677 g/mol. The Bertz CT molecular complexity index is 1640. The second-order valence-corrected chi connectivity index (χ2v) is 14.6. The van der Waals surface area contributed by atoms with Gasteiger partial charge in [-0.05, 0) is 48.4 Å². The van der Waals surface area contributed by atoms with Crippen LogP contribution in [0.15, 0.2) is 121 Å². The minimum Gasteiger partial charge on any atom is -0.370 e. The summed E-state index contributed by atoms with van der Waals surface area (Å²) in [4.78, 5) is 0. The summed E-state index contributed by atoms with van der Waals surface area (Å²) >= 11 is 0. The fourth-order valence-corrected chi connectivity index (χ4v) is 8.48. The SMILES string of the molecule is CC1(C)OC[C@H]([C@H]2C[C@@H]3O[C@@H]3[C@@H]3[C@@H](OCc4ccccc4)[C@H](OCc4ccccc4)[C@@H](OCc4ccccc4)[C@H](OCc4ccccc4)[C@H]23)O1. The monoisotopic (exact) mass is 676 g/mol. The molecule has 7 heteroatoms. The number of fused-ring (bicyclic) bond motifs is 3. The largest absolute Gasteiger partial charge is 0.370 e. The van der Waals surface area contributed by atoms with E-state index < -0.39 is 18.0 Å². The van der Waals surface area contributed by atoms with Crippen molar-refractivity contribution in [3.05, 3.63) is 144 Å². The van der Waals surface area contributed by atoms with Crippen molar-refractivity contribution in [3.63, 3.8) is 0 Å². The standard InChI is InChI=1S/C43H48O7/c1-43(2)48-28-35(50-43)33-23-34-38(49-34)37-36(33)39(44-24-29-15-7-3-8-16-29)41(46-26-31-19-11-5-12-20-31)42(47-27-32-21-13-6-14-22-32)40(37)45-25-30-17-9-4-10-18-30/h3-22,33-42H,23-28H2,1-2H3/t33-,34+,35-,36-,37-,38+,39-,40-,41+,42+/m1/s1. The molecule has 0 N–H and O–H groups in total. The lowest BCUT2D eigenvalue weighted by Crippen LogP contribution is -2.66. The third-order valence-electron chi connectivity index (χ3n) is 10.8. The van der Waals surface area contributed by atoms with Crippen LogP contribution in [0.2, 0.25) is 0 Å². The van der Waals surface area contributed by atoms with Crippen LogP contribution in [-0.2, 0) is 59.6 Å². The minimum absolute atomic E-state index is 0.00731. The van der Waals surface area contributed by atoms with E-state index >= 15 is 0 Å². The fraction of sp³-hybridized carbons (Fsp3) is 0.442. The normalized spacial score (nSPS) is 32.6. The summed E-state index contributed by atoms with van der Waals surface area (Å²) in [5.74, 6) is -0.507. The van der Waals surface area contributed by atoms with Crippen LogP contribution in [0.1, 0.15) is 42.5 Å². The first-order valence-electron chi connectivity index (χ1n) is 18.1. The zero-order valence-electron chi connectivity index (χ0n) is 28.9. The van der Waals surface area contributed by atoms with Crippen LogP contribution in [0.5, 0.6) is 0 Å². The van der Waals surface area contributed by atoms with Gasteiger partial charge in [0.25, 0.3) is 0 Å². The predicted octanol–water partition coefficient (Wildman–Crippen LogP) is 7.51. The van der Waals surface area contributed by atoms with Gasteiger partial charge in [-0.2, -0.15) is 0 Å². The van der Waals surface area contributed by atoms with Gasteiger partial charge in [-0.1, -0.05) is 121 Å². The van der Waals surface area contributed by atoms with Crippen molar-refractivity contribution in [1.82, 2.24) is 0 Å². The summed E-state index contributed by atoms with van der Waals surface area (Å²) in [5.41, 5.74) is 4.43.